The number of rotatable bonds is 9. The number of pyridine rings is 1. The molecule has 0 bridgehead atoms. The molecule has 208 valence electrons. The van der Waals surface area contributed by atoms with Gasteiger partial charge in [0.15, 0.2) is 0 Å². The molecule has 1 aliphatic rings. The highest BCUT2D eigenvalue weighted by Gasteiger charge is 2.24. The molecule has 0 spiro atoms. The summed E-state index contributed by atoms with van der Waals surface area (Å²) in [7, 11) is 0. The van der Waals surface area contributed by atoms with E-state index in [9.17, 15) is 15.0 Å². The van der Waals surface area contributed by atoms with Gasteiger partial charge >= 0.3 is 6.09 Å². The molecule has 0 saturated carbocycles. The van der Waals surface area contributed by atoms with E-state index >= 15 is 0 Å². The zero-order valence-electron chi connectivity index (χ0n) is 22.7. The van der Waals surface area contributed by atoms with Crippen molar-refractivity contribution >= 4 is 28.5 Å². The van der Waals surface area contributed by atoms with Crippen molar-refractivity contribution in [1.29, 1.82) is 0 Å². The summed E-state index contributed by atoms with van der Waals surface area (Å²) in [4.78, 5) is 26.4. The maximum absolute atomic E-state index is 11.4. The summed E-state index contributed by atoms with van der Waals surface area (Å²) in [6, 6.07) is 15.5. The van der Waals surface area contributed by atoms with Crippen molar-refractivity contribution in [2.75, 3.05) is 30.3 Å². The van der Waals surface area contributed by atoms with Gasteiger partial charge in [-0.15, -0.1) is 0 Å². The molecule has 40 heavy (non-hydrogen) atoms. The number of carbonyl (C=O) groups is 1. The fourth-order valence-corrected chi connectivity index (χ4v) is 4.89. The second-order valence-electron chi connectivity index (χ2n) is 9.99. The fraction of sp³-hybridized carbons (Fsp3) is 0.333. The van der Waals surface area contributed by atoms with Crippen molar-refractivity contribution in [3.8, 4) is 22.9 Å². The van der Waals surface area contributed by atoms with Gasteiger partial charge in [0.1, 0.15) is 5.75 Å². The second-order valence-corrected chi connectivity index (χ2v) is 9.99. The van der Waals surface area contributed by atoms with Gasteiger partial charge in [0.2, 0.25) is 11.8 Å². The van der Waals surface area contributed by atoms with Crippen LogP contribution in [0.2, 0.25) is 0 Å². The van der Waals surface area contributed by atoms with Gasteiger partial charge in [0.25, 0.3) is 0 Å². The van der Waals surface area contributed by atoms with Crippen LogP contribution in [0.15, 0.2) is 60.9 Å². The molecule has 3 heterocycles. The van der Waals surface area contributed by atoms with E-state index in [0.717, 1.165) is 34.9 Å². The minimum Gasteiger partial charge on any atom is -0.465 e. The molecule has 4 aromatic rings. The van der Waals surface area contributed by atoms with Crippen LogP contribution in [-0.2, 0) is 0 Å². The van der Waals surface area contributed by atoms with E-state index in [4.69, 9.17) is 9.72 Å². The predicted octanol–water partition coefficient (Wildman–Crippen LogP) is 5.53. The van der Waals surface area contributed by atoms with E-state index < -0.39 is 12.2 Å². The molecule has 1 unspecified atom stereocenters. The van der Waals surface area contributed by atoms with Crippen LogP contribution in [0.5, 0.6) is 11.6 Å². The normalized spacial score (nSPS) is 16.0. The van der Waals surface area contributed by atoms with Crippen molar-refractivity contribution in [1.82, 2.24) is 19.9 Å². The summed E-state index contributed by atoms with van der Waals surface area (Å²) in [5.74, 6) is 1.54. The van der Waals surface area contributed by atoms with Crippen LogP contribution in [-0.4, -0.2) is 67.9 Å². The lowest BCUT2D eigenvalue weighted by atomic mass is 10.0. The maximum Gasteiger partial charge on any atom is 0.407 e. The number of likely N-dealkylation sites (tertiary alicyclic amines) is 1. The van der Waals surface area contributed by atoms with Crippen LogP contribution in [0.25, 0.3) is 22.0 Å². The number of aryl methyl sites for hydroxylation is 1. The second kappa shape index (κ2) is 12.2. The Kier molecular flexibility index (Phi) is 8.26. The first-order chi connectivity index (χ1) is 19.4. The first-order valence-electron chi connectivity index (χ1n) is 13.6. The van der Waals surface area contributed by atoms with Crippen LogP contribution in [0.3, 0.4) is 0 Å². The van der Waals surface area contributed by atoms with E-state index in [-0.39, 0.29) is 6.04 Å². The summed E-state index contributed by atoms with van der Waals surface area (Å²) in [6.45, 7) is 5.34. The number of anilines is 2. The van der Waals surface area contributed by atoms with Crippen molar-refractivity contribution in [2.45, 2.75) is 45.3 Å². The molecule has 2 aromatic heterocycles. The number of ether oxygens (including phenoxy) is 1. The van der Waals surface area contributed by atoms with Gasteiger partial charge in [-0.3, -0.25) is 0 Å². The van der Waals surface area contributed by atoms with Gasteiger partial charge < -0.3 is 30.5 Å². The number of aliphatic hydroxyl groups is 1. The van der Waals surface area contributed by atoms with Gasteiger partial charge in [0, 0.05) is 54.5 Å². The lowest BCUT2D eigenvalue weighted by Crippen LogP contribution is -2.44. The first kappa shape index (κ1) is 27.1. The van der Waals surface area contributed by atoms with Crippen LogP contribution in [0.4, 0.5) is 16.4 Å². The van der Waals surface area contributed by atoms with Gasteiger partial charge in [-0.05, 0) is 56.0 Å². The highest BCUT2D eigenvalue weighted by Crippen LogP contribution is 2.38. The number of piperidine rings is 1. The Morgan fingerprint density at radius 1 is 1.12 bits per heavy atom. The van der Waals surface area contributed by atoms with Crippen LogP contribution >= 0.6 is 0 Å². The number of aliphatic hydroxyl groups excluding tert-OH is 1. The topological polar surface area (TPSA) is 133 Å². The zero-order valence-corrected chi connectivity index (χ0v) is 22.7. The third-order valence-corrected chi connectivity index (χ3v) is 7.13. The molecule has 5 rings (SSSR count). The molecule has 2 atom stereocenters. The third-order valence-electron chi connectivity index (χ3n) is 7.13. The average molecular weight is 543 g/mol. The van der Waals surface area contributed by atoms with E-state index in [1.165, 1.54) is 4.90 Å². The van der Waals surface area contributed by atoms with Gasteiger partial charge in [-0.1, -0.05) is 31.2 Å². The molecule has 1 fully saturated rings. The summed E-state index contributed by atoms with van der Waals surface area (Å²) < 4.78 is 6.50. The Hall–Kier alpha value is -4.44. The summed E-state index contributed by atoms with van der Waals surface area (Å²) in [6.07, 6.45) is 4.32. The number of nitrogens with zero attached hydrogens (tertiary/aromatic N) is 4. The van der Waals surface area contributed by atoms with Crippen molar-refractivity contribution in [3.05, 3.63) is 66.5 Å². The van der Waals surface area contributed by atoms with Crippen molar-refractivity contribution in [3.63, 3.8) is 0 Å². The number of fused-ring (bicyclic) bond motifs is 1. The Morgan fingerprint density at radius 2 is 2.00 bits per heavy atom. The molecule has 1 saturated heterocycles. The molecule has 2 aromatic carbocycles. The standard InChI is InChI=1S/C30H34N6O4/c1-3-21(37)17-33-25-10-4-8-23-22(25)12-11-19(2)27(23)40-28-24(9-5-14-31-28)26-13-15-32-29(35-26)34-20-7-6-16-36(18-20)30(38)39/h4-5,8-15,20-21,33,37H,3,6-7,16-18H2,1-2H3,(H,38,39)(H,32,34,35)/t20?,21-/m1/s1. The molecule has 0 aliphatic carbocycles. The molecular formula is C30H34N6O4. The molecule has 10 heteroatoms. The van der Waals surface area contributed by atoms with Crippen LogP contribution in [0, 0.1) is 6.92 Å². The Morgan fingerprint density at radius 3 is 2.83 bits per heavy atom. The summed E-state index contributed by atoms with van der Waals surface area (Å²) in [5.41, 5.74) is 3.23. The first-order valence-corrected chi connectivity index (χ1v) is 13.6. The quantitative estimate of drug-likeness (QED) is 0.215. The summed E-state index contributed by atoms with van der Waals surface area (Å²) >= 11 is 0. The minimum atomic E-state index is -0.913. The molecule has 4 N–H and O–H groups in total. The Bertz CT molecular complexity index is 1500. The van der Waals surface area contributed by atoms with Crippen molar-refractivity contribution in [2.24, 2.45) is 0 Å². The van der Waals surface area contributed by atoms with Crippen molar-refractivity contribution < 1.29 is 19.7 Å². The number of hydrogen-bond donors (Lipinski definition) is 4. The number of amides is 1. The van der Waals surface area contributed by atoms with E-state index in [2.05, 4.69) is 26.7 Å². The highest BCUT2D eigenvalue weighted by atomic mass is 16.5. The van der Waals surface area contributed by atoms with Gasteiger partial charge in [-0.25, -0.2) is 19.7 Å². The number of hydrogen-bond acceptors (Lipinski definition) is 8. The van der Waals surface area contributed by atoms with Gasteiger partial charge in [-0.2, -0.15) is 0 Å². The van der Waals surface area contributed by atoms with Crippen LogP contribution in [0.1, 0.15) is 31.7 Å². The lowest BCUT2D eigenvalue weighted by molar-refractivity contribution is 0.132. The molecule has 1 amide bonds. The third kappa shape index (κ3) is 6.07. The lowest BCUT2D eigenvalue weighted by Gasteiger charge is -2.31. The maximum atomic E-state index is 11.4. The number of nitrogens with one attached hydrogen (secondary N) is 2. The predicted molar refractivity (Wildman–Crippen MR) is 155 cm³/mol. The molecule has 0 radical (unpaired) electrons. The fourth-order valence-electron chi connectivity index (χ4n) is 4.89. The van der Waals surface area contributed by atoms with Crippen LogP contribution < -0.4 is 15.4 Å². The Labute approximate surface area is 233 Å². The van der Waals surface area contributed by atoms with E-state index in [0.29, 0.717) is 54.9 Å². The minimum absolute atomic E-state index is 0.0655. The highest BCUT2D eigenvalue weighted by molar-refractivity contribution is 5.98. The SMILES string of the molecule is CC[C@@H](O)CNc1cccc2c(Oc3ncccc3-c3ccnc(NC4CCCN(C(=O)O)C4)n3)c(C)ccc12. The number of aromatic nitrogens is 3. The summed E-state index contributed by atoms with van der Waals surface area (Å²) in [5, 5.41) is 28.0. The van der Waals surface area contributed by atoms with Gasteiger partial charge in [0.05, 0.1) is 17.4 Å². The zero-order chi connectivity index (χ0) is 28.1. The molecule has 1 aliphatic heterocycles. The molecule has 10 nitrogen and oxygen atoms in total. The van der Waals surface area contributed by atoms with E-state index in [1.54, 1.807) is 18.5 Å². The monoisotopic (exact) mass is 542 g/mol. The Balaban J connectivity index is 1.42. The number of carboxylic acid groups (broad SMARTS) is 1. The number of benzene rings is 2. The molecular weight excluding hydrogens is 508 g/mol. The largest absolute Gasteiger partial charge is 0.465 e. The van der Waals surface area contributed by atoms with E-state index in [1.807, 2.05) is 50.2 Å². The average Bonchev–Trinajstić information content (AvgIpc) is 2.97. The smallest absolute Gasteiger partial charge is 0.407 e.